The van der Waals surface area contributed by atoms with E-state index in [-0.39, 0.29) is 17.7 Å². The maximum absolute atomic E-state index is 13.9. The van der Waals surface area contributed by atoms with E-state index >= 15 is 0 Å². The number of amides is 1. The summed E-state index contributed by atoms with van der Waals surface area (Å²) in [5.74, 6) is -0.375. The van der Waals surface area contributed by atoms with Crippen molar-refractivity contribution >= 4 is 34.8 Å². The van der Waals surface area contributed by atoms with E-state index in [2.05, 4.69) is 5.32 Å². The van der Waals surface area contributed by atoms with Gasteiger partial charge in [-0.25, -0.2) is 4.39 Å². The molecule has 0 saturated heterocycles. The standard InChI is InChI=1S/C19H21Cl2FN2O2/c1-4-24(11-13-5-8-18(26-3)16(22)9-13)12(2)19(25)23-17-7-6-14(20)10-15(17)21/h5-10,12H,4,11H2,1-3H3,(H,23,25)/p+1/t12-/m0/s1. The fourth-order valence-corrected chi connectivity index (χ4v) is 3.14. The Kier molecular flexibility index (Phi) is 7.26. The van der Waals surface area contributed by atoms with Crippen molar-refractivity contribution in [3.63, 3.8) is 0 Å². The summed E-state index contributed by atoms with van der Waals surface area (Å²) in [6.07, 6.45) is 0. The molecule has 2 N–H and O–H groups in total. The summed E-state index contributed by atoms with van der Waals surface area (Å²) >= 11 is 12.0. The number of hydrogen-bond acceptors (Lipinski definition) is 2. The maximum atomic E-state index is 13.9. The molecule has 0 bridgehead atoms. The summed E-state index contributed by atoms with van der Waals surface area (Å²) in [6, 6.07) is 9.40. The zero-order chi connectivity index (χ0) is 19.3. The van der Waals surface area contributed by atoms with E-state index in [4.69, 9.17) is 27.9 Å². The van der Waals surface area contributed by atoms with E-state index in [1.54, 1.807) is 30.3 Å². The van der Waals surface area contributed by atoms with Crippen molar-refractivity contribution in [3.05, 3.63) is 57.8 Å². The zero-order valence-corrected chi connectivity index (χ0v) is 16.4. The van der Waals surface area contributed by atoms with Crippen LogP contribution in [0.2, 0.25) is 10.0 Å². The van der Waals surface area contributed by atoms with E-state index in [1.807, 2.05) is 13.8 Å². The smallest absolute Gasteiger partial charge is 0.282 e. The molecule has 0 aliphatic heterocycles. The second-order valence-corrected chi connectivity index (χ2v) is 6.84. The SMILES string of the molecule is CC[NH+](Cc1ccc(OC)c(F)c1)[C@@H](C)C(=O)Nc1ccc(Cl)cc1Cl. The molecule has 0 fully saturated rings. The Hall–Kier alpha value is -1.82. The maximum Gasteiger partial charge on any atom is 0.282 e. The van der Waals surface area contributed by atoms with Crippen LogP contribution in [0.15, 0.2) is 36.4 Å². The average molecular weight is 400 g/mol. The van der Waals surface area contributed by atoms with Crippen LogP contribution in [-0.4, -0.2) is 25.6 Å². The first kappa shape index (κ1) is 20.5. The summed E-state index contributed by atoms with van der Waals surface area (Å²) in [6.45, 7) is 5.03. The van der Waals surface area contributed by atoms with Gasteiger partial charge < -0.3 is 15.0 Å². The zero-order valence-electron chi connectivity index (χ0n) is 14.9. The molecule has 0 aromatic heterocycles. The first-order chi connectivity index (χ1) is 12.3. The van der Waals surface area contributed by atoms with Gasteiger partial charge in [-0.2, -0.15) is 0 Å². The molecule has 0 aliphatic carbocycles. The number of benzene rings is 2. The van der Waals surface area contributed by atoms with Gasteiger partial charge in [-0.05, 0) is 50.2 Å². The van der Waals surface area contributed by atoms with Crippen LogP contribution < -0.4 is 15.0 Å². The lowest BCUT2D eigenvalue weighted by molar-refractivity contribution is -0.925. The Morgan fingerprint density at radius 3 is 2.58 bits per heavy atom. The molecule has 4 nitrogen and oxygen atoms in total. The molecule has 0 heterocycles. The largest absolute Gasteiger partial charge is 0.494 e. The number of rotatable bonds is 7. The van der Waals surface area contributed by atoms with Gasteiger partial charge in [0.15, 0.2) is 17.6 Å². The first-order valence-electron chi connectivity index (χ1n) is 8.28. The minimum atomic E-state index is -0.412. The van der Waals surface area contributed by atoms with Crippen molar-refractivity contribution in [2.75, 3.05) is 19.0 Å². The molecule has 26 heavy (non-hydrogen) atoms. The monoisotopic (exact) mass is 399 g/mol. The summed E-state index contributed by atoms with van der Waals surface area (Å²) in [5, 5.41) is 3.71. The van der Waals surface area contributed by atoms with Crippen LogP contribution in [0.4, 0.5) is 10.1 Å². The normalized spacial score (nSPS) is 13.2. The number of anilines is 1. The predicted octanol–water partition coefficient (Wildman–Crippen LogP) is 3.57. The van der Waals surface area contributed by atoms with Crippen LogP contribution in [0.1, 0.15) is 19.4 Å². The van der Waals surface area contributed by atoms with Crippen LogP contribution in [0, 0.1) is 5.82 Å². The topological polar surface area (TPSA) is 42.8 Å². The lowest BCUT2D eigenvalue weighted by atomic mass is 10.1. The van der Waals surface area contributed by atoms with Crippen LogP contribution in [0.25, 0.3) is 0 Å². The van der Waals surface area contributed by atoms with Gasteiger partial charge >= 0.3 is 0 Å². The molecule has 0 radical (unpaired) electrons. The second-order valence-electron chi connectivity index (χ2n) is 5.99. The number of carbonyl (C=O) groups is 1. The molecule has 2 aromatic rings. The van der Waals surface area contributed by atoms with Crippen LogP contribution in [-0.2, 0) is 11.3 Å². The third-order valence-corrected chi connectivity index (χ3v) is 4.84. The highest BCUT2D eigenvalue weighted by atomic mass is 35.5. The highest BCUT2D eigenvalue weighted by Gasteiger charge is 2.25. The van der Waals surface area contributed by atoms with E-state index in [0.29, 0.717) is 28.8 Å². The van der Waals surface area contributed by atoms with Gasteiger partial charge in [0, 0.05) is 10.6 Å². The molecule has 0 aliphatic rings. The van der Waals surface area contributed by atoms with Crippen molar-refractivity contribution < 1.29 is 18.8 Å². The number of likely N-dealkylation sites (N-methyl/N-ethyl adjacent to an activating group) is 1. The summed E-state index contributed by atoms with van der Waals surface area (Å²) in [7, 11) is 1.43. The minimum absolute atomic E-state index is 0.167. The molecule has 1 unspecified atom stereocenters. The Bertz CT molecular complexity index is 786. The van der Waals surface area contributed by atoms with Crippen molar-refractivity contribution in [2.24, 2.45) is 0 Å². The minimum Gasteiger partial charge on any atom is -0.494 e. The van der Waals surface area contributed by atoms with Crippen LogP contribution >= 0.6 is 23.2 Å². The molecule has 140 valence electrons. The number of halogens is 3. The third-order valence-electron chi connectivity index (χ3n) is 4.30. The molecule has 2 atom stereocenters. The van der Waals surface area contributed by atoms with Crippen molar-refractivity contribution in [2.45, 2.75) is 26.4 Å². The Labute approximate surface area is 162 Å². The van der Waals surface area contributed by atoms with Gasteiger partial charge in [-0.3, -0.25) is 4.79 Å². The average Bonchev–Trinajstić information content (AvgIpc) is 2.61. The quantitative estimate of drug-likeness (QED) is 0.746. The Morgan fingerprint density at radius 1 is 1.27 bits per heavy atom. The lowest BCUT2D eigenvalue weighted by Crippen LogP contribution is -3.15. The van der Waals surface area contributed by atoms with Crippen LogP contribution in [0.5, 0.6) is 5.75 Å². The summed E-state index contributed by atoms with van der Waals surface area (Å²) < 4.78 is 18.8. The molecule has 0 spiro atoms. The van der Waals surface area contributed by atoms with Gasteiger partial charge in [0.05, 0.1) is 24.4 Å². The fraction of sp³-hybridized carbons (Fsp3) is 0.316. The first-order valence-corrected chi connectivity index (χ1v) is 9.04. The van der Waals surface area contributed by atoms with Gasteiger partial charge in [-0.1, -0.05) is 23.2 Å². The number of nitrogens with one attached hydrogen (secondary N) is 2. The van der Waals surface area contributed by atoms with E-state index in [1.165, 1.54) is 13.2 Å². The van der Waals surface area contributed by atoms with Crippen molar-refractivity contribution in [1.82, 2.24) is 0 Å². The fourth-order valence-electron chi connectivity index (χ4n) is 2.68. The van der Waals surface area contributed by atoms with Gasteiger partial charge in [0.2, 0.25) is 0 Å². The molecule has 2 rings (SSSR count). The molecule has 0 saturated carbocycles. The van der Waals surface area contributed by atoms with Gasteiger partial charge in [0.25, 0.3) is 5.91 Å². The highest BCUT2D eigenvalue weighted by Crippen LogP contribution is 2.25. The number of quaternary nitrogens is 1. The molecule has 7 heteroatoms. The molecule has 1 amide bonds. The Balaban J connectivity index is 2.08. The van der Waals surface area contributed by atoms with E-state index in [9.17, 15) is 9.18 Å². The lowest BCUT2D eigenvalue weighted by Gasteiger charge is -2.24. The summed E-state index contributed by atoms with van der Waals surface area (Å²) in [4.78, 5) is 13.6. The highest BCUT2D eigenvalue weighted by molar-refractivity contribution is 6.36. The Morgan fingerprint density at radius 2 is 2.00 bits per heavy atom. The van der Waals surface area contributed by atoms with Crippen LogP contribution in [0.3, 0.4) is 0 Å². The predicted molar refractivity (Wildman–Crippen MR) is 103 cm³/mol. The molecular weight excluding hydrogens is 378 g/mol. The van der Waals surface area contributed by atoms with Gasteiger partial charge in [0.1, 0.15) is 6.54 Å². The number of ether oxygens (including phenoxy) is 1. The second kappa shape index (κ2) is 9.21. The molecular formula is C19H22Cl2FN2O2+. The summed E-state index contributed by atoms with van der Waals surface area (Å²) in [5.41, 5.74) is 1.31. The number of hydrogen-bond donors (Lipinski definition) is 2. The number of carbonyl (C=O) groups excluding carboxylic acids is 1. The van der Waals surface area contributed by atoms with Crippen molar-refractivity contribution in [1.29, 1.82) is 0 Å². The van der Waals surface area contributed by atoms with E-state index < -0.39 is 5.82 Å². The third kappa shape index (κ3) is 5.10. The molecule has 2 aromatic carbocycles. The number of methoxy groups -OCH3 is 1. The van der Waals surface area contributed by atoms with Gasteiger partial charge in [-0.15, -0.1) is 0 Å². The van der Waals surface area contributed by atoms with Crippen molar-refractivity contribution in [3.8, 4) is 5.75 Å². The van der Waals surface area contributed by atoms with E-state index in [0.717, 1.165) is 10.5 Å².